The molecule has 2 aromatic carbocycles. The third-order valence-corrected chi connectivity index (χ3v) is 6.31. The summed E-state index contributed by atoms with van der Waals surface area (Å²) >= 11 is 0. The van der Waals surface area contributed by atoms with Crippen LogP contribution in [-0.2, 0) is 20.5 Å². The minimum Gasteiger partial charge on any atom is -0.481 e. The van der Waals surface area contributed by atoms with Crippen LogP contribution >= 0.6 is 0 Å². The highest BCUT2D eigenvalue weighted by Gasteiger charge is 2.50. The second-order valence-corrected chi connectivity index (χ2v) is 8.01. The highest BCUT2D eigenvalue weighted by atomic mass is 19.1. The van der Waals surface area contributed by atoms with Crippen molar-refractivity contribution in [2.45, 2.75) is 49.5 Å². The summed E-state index contributed by atoms with van der Waals surface area (Å²) in [7, 11) is 0. The van der Waals surface area contributed by atoms with Gasteiger partial charge in [0.2, 0.25) is 0 Å². The maximum Gasteiger partial charge on any atom is 0.314 e. The molecule has 4 rings (SSSR count). The fourth-order valence-corrected chi connectivity index (χ4v) is 4.30. The van der Waals surface area contributed by atoms with Crippen LogP contribution in [0.15, 0.2) is 54.6 Å². The summed E-state index contributed by atoms with van der Waals surface area (Å²) in [5.41, 5.74) is 0.404. The molecule has 1 N–H and O–H groups in total. The highest BCUT2D eigenvalue weighted by Crippen LogP contribution is 2.50. The van der Waals surface area contributed by atoms with Gasteiger partial charge in [-0.05, 0) is 67.7 Å². The third kappa shape index (κ3) is 3.51. The van der Waals surface area contributed by atoms with Gasteiger partial charge in [0, 0.05) is 0 Å². The van der Waals surface area contributed by atoms with Gasteiger partial charge in [0.05, 0.1) is 17.6 Å². The van der Waals surface area contributed by atoms with Gasteiger partial charge in [-0.15, -0.1) is 0 Å². The molecule has 0 radical (unpaired) electrons. The molecule has 0 atom stereocenters. The zero-order valence-corrected chi connectivity index (χ0v) is 15.4. The molecule has 0 aromatic heterocycles. The van der Waals surface area contributed by atoms with Crippen LogP contribution in [0.25, 0.3) is 0 Å². The Hall–Kier alpha value is -2.20. The number of carbonyl (C=O) groups is 1. The molecule has 0 bridgehead atoms. The van der Waals surface area contributed by atoms with Crippen LogP contribution in [0.1, 0.15) is 49.7 Å². The molecule has 3 nitrogen and oxygen atoms in total. The second-order valence-electron chi connectivity index (χ2n) is 8.01. The first kappa shape index (κ1) is 18.2. The molecule has 0 saturated heterocycles. The normalized spacial score (nSPS) is 28.0. The molecule has 0 amide bonds. The van der Waals surface area contributed by atoms with Gasteiger partial charge in [0.25, 0.3) is 0 Å². The summed E-state index contributed by atoms with van der Waals surface area (Å²) in [6.45, 7) is 0.697. The first-order chi connectivity index (χ1) is 13.0. The Morgan fingerprint density at radius 1 is 0.963 bits per heavy atom. The lowest BCUT2D eigenvalue weighted by Gasteiger charge is -2.45. The number of benzene rings is 2. The van der Waals surface area contributed by atoms with Crippen molar-refractivity contribution in [3.05, 3.63) is 71.5 Å². The van der Waals surface area contributed by atoms with Crippen molar-refractivity contribution in [3.63, 3.8) is 0 Å². The number of aliphatic carboxylic acids is 1. The van der Waals surface area contributed by atoms with Gasteiger partial charge in [-0.1, -0.05) is 42.5 Å². The van der Waals surface area contributed by atoms with Crippen molar-refractivity contribution in [1.29, 1.82) is 0 Å². The quantitative estimate of drug-likeness (QED) is 0.777. The third-order valence-electron chi connectivity index (χ3n) is 6.31. The van der Waals surface area contributed by atoms with Crippen molar-refractivity contribution in [1.82, 2.24) is 0 Å². The lowest BCUT2D eigenvalue weighted by Crippen LogP contribution is -2.46. The average Bonchev–Trinajstić information content (AvgIpc) is 3.52. The molecular weight excluding hydrogens is 343 g/mol. The Morgan fingerprint density at radius 3 is 2.15 bits per heavy atom. The van der Waals surface area contributed by atoms with Crippen molar-refractivity contribution in [2.75, 3.05) is 6.61 Å². The molecule has 2 saturated carbocycles. The first-order valence-electron chi connectivity index (χ1n) is 9.73. The summed E-state index contributed by atoms with van der Waals surface area (Å²) in [5.74, 6) is -0.428. The number of carboxylic acid groups (broad SMARTS) is 1. The first-order valence-corrected chi connectivity index (χ1v) is 9.73. The van der Waals surface area contributed by atoms with Crippen LogP contribution < -0.4 is 0 Å². The molecular formula is C23H25FO3. The molecule has 0 heterocycles. The number of rotatable bonds is 6. The minimum atomic E-state index is -0.881. The van der Waals surface area contributed by atoms with E-state index >= 15 is 0 Å². The summed E-state index contributed by atoms with van der Waals surface area (Å²) < 4.78 is 19.8. The Bertz CT molecular complexity index is 788. The van der Waals surface area contributed by atoms with Gasteiger partial charge >= 0.3 is 5.97 Å². The van der Waals surface area contributed by atoms with Crippen LogP contribution in [0.4, 0.5) is 4.39 Å². The van der Waals surface area contributed by atoms with Gasteiger partial charge in [-0.3, -0.25) is 4.79 Å². The summed E-state index contributed by atoms with van der Waals surface area (Å²) in [6.07, 6.45) is 4.65. The van der Waals surface area contributed by atoms with E-state index in [0.717, 1.165) is 11.1 Å². The monoisotopic (exact) mass is 368 g/mol. The fourth-order valence-electron chi connectivity index (χ4n) is 4.30. The van der Waals surface area contributed by atoms with E-state index in [1.54, 1.807) is 12.1 Å². The predicted octanol–water partition coefficient (Wildman–Crippen LogP) is 5.04. The molecule has 4 heteroatoms. The number of hydrogen-bond donors (Lipinski definition) is 1. The van der Waals surface area contributed by atoms with E-state index in [0.29, 0.717) is 38.2 Å². The smallest absolute Gasteiger partial charge is 0.314 e. The maximum absolute atomic E-state index is 13.4. The minimum absolute atomic E-state index is 0.268. The van der Waals surface area contributed by atoms with Gasteiger partial charge < -0.3 is 9.84 Å². The van der Waals surface area contributed by atoms with Gasteiger partial charge in [-0.2, -0.15) is 0 Å². The predicted molar refractivity (Wildman–Crippen MR) is 101 cm³/mol. The van der Waals surface area contributed by atoms with Crippen LogP contribution in [0.3, 0.4) is 0 Å². The Balaban J connectivity index is 1.63. The van der Waals surface area contributed by atoms with E-state index < -0.39 is 17.0 Å². The largest absolute Gasteiger partial charge is 0.481 e. The SMILES string of the molecule is O=C(O)C1(c2ccccc2)CCC(OCC2CC2)(c2ccc(F)cc2)CC1. The van der Waals surface area contributed by atoms with E-state index in [4.69, 9.17) is 4.74 Å². The Morgan fingerprint density at radius 2 is 1.59 bits per heavy atom. The van der Waals surface area contributed by atoms with Gasteiger partial charge in [0.1, 0.15) is 5.82 Å². The van der Waals surface area contributed by atoms with E-state index in [1.807, 2.05) is 30.3 Å². The molecule has 2 fully saturated rings. The molecule has 27 heavy (non-hydrogen) atoms. The number of carboxylic acids is 1. The molecule has 2 aromatic rings. The molecule has 2 aliphatic rings. The van der Waals surface area contributed by atoms with Crippen LogP contribution in [0, 0.1) is 11.7 Å². The molecule has 142 valence electrons. The number of halogens is 1. The lowest BCUT2D eigenvalue weighted by molar-refractivity contribution is -0.151. The van der Waals surface area contributed by atoms with Crippen LogP contribution in [0.2, 0.25) is 0 Å². The van der Waals surface area contributed by atoms with Crippen molar-refractivity contribution in [2.24, 2.45) is 5.92 Å². The fraction of sp³-hybridized carbons (Fsp3) is 0.435. The Labute approximate surface area is 159 Å². The summed E-state index contributed by atoms with van der Waals surface area (Å²) in [6, 6.07) is 16.0. The van der Waals surface area contributed by atoms with Crippen LogP contribution in [-0.4, -0.2) is 17.7 Å². The average molecular weight is 368 g/mol. The van der Waals surface area contributed by atoms with E-state index in [1.165, 1.54) is 25.0 Å². The zero-order chi connectivity index (χ0) is 18.9. The molecule has 0 unspecified atom stereocenters. The van der Waals surface area contributed by atoms with Crippen LogP contribution in [0.5, 0.6) is 0 Å². The molecule has 0 aliphatic heterocycles. The molecule has 2 aliphatic carbocycles. The van der Waals surface area contributed by atoms with Crippen molar-refractivity contribution >= 4 is 5.97 Å². The maximum atomic E-state index is 13.4. The summed E-state index contributed by atoms with van der Waals surface area (Å²) in [5, 5.41) is 10.1. The van der Waals surface area contributed by atoms with Gasteiger partial charge in [0.15, 0.2) is 0 Å². The highest BCUT2D eigenvalue weighted by molar-refractivity contribution is 5.81. The summed E-state index contributed by atoms with van der Waals surface area (Å²) in [4.78, 5) is 12.3. The van der Waals surface area contributed by atoms with Gasteiger partial charge in [-0.25, -0.2) is 4.39 Å². The topological polar surface area (TPSA) is 46.5 Å². The number of hydrogen-bond acceptors (Lipinski definition) is 2. The Kier molecular flexibility index (Phi) is 4.77. The van der Waals surface area contributed by atoms with E-state index in [-0.39, 0.29) is 5.82 Å². The number of ether oxygens (including phenoxy) is 1. The van der Waals surface area contributed by atoms with Crippen molar-refractivity contribution in [3.8, 4) is 0 Å². The lowest BCUT2D eigenvalue weighted by atomic mass is 9.63. The zero-order valence-electron chi connectivity index (χ0n) is 15.4. The standard InChI is InChI=1S/C23H25FO3/c24-20-10-8-19(9-11-20)23(27-16-17-6-7-17)14-12-22(13-15-23,21(25)26)18-4-2-1-3-5-18/h1-5,8-11,17H,6-7,12-16H2,(H,25,26). The second kappa shape index (κ2) is 7.08. The van der Waals surface area contributed by atoms with Crippen molar-refractivity contribution < 1.29 is 19.0 Å². The van der Waals surface area contributed by atoms with E-state index in [2.05, 4.69) is 0 Å². The van der Waals surface area contributed by atoms with E-state index in [9.17, 15) is 14.3 Å². The molecule has 0 spiro atoms.